The SMILES string of the molecule is CCCCN(CCBr)Cc1ccc(Br)cc1Cl. The summed E-state index contributed by atoms with van der Waals surface area (Å²) in [5.74, 6) is 0. The second-order valence-corrected chi connectivity index (χ2v) is 6.17. The summed E-state index contributed by atoms with van der Waals surface area (Å²) in [6.07, 6.45) is 2.47. The Hall–Kier alpha value is 0.430. The molecular formula is C13H18Br2ClN. The van der Waals surface area contributed by atoms with Gasteiger partial charge in [-0.1, -0.05) is 62.9 Å². The van der Waals surface area contributed by atoms with Gasteiger partial charge in [0.1, 0.15) is 0 Å². The lowest BCUT2D eigenvalue weighted by atomic mass is 10.2. The van der Waals surface area contributed by atoms with Gasteiger partial charge in [0.05, 0.1) is 0 Å². The van der Waals surface area contributed by atoms with E-state index in [9.17, 15) is 0 Å². The van der Waals surface area contributed by atoms with Crippen LogP contribution in [0.2, 0.25) is 5.02 Å². The first-order valence-corrected chi connectivity index (χ1v) is 8.19. The smallest absolute Gasteiger partial charge is 0.0462 e. The molecule has 1 rings (SSSR count). The van der Waals surface area contributed by atoms with Gasteiger partial charge in [-0.2, -0.15) is 0 Å². The lowest BCUT2D eigenvalue weighted by molar-refractivity contribution is 0.278. The summed E-state index contributed by atoms with van der Waals surface area (Å²) < 4.78 is 1.03. The molecule has 0 heterocycles. The van der Waals surface area contributed by atoms with Crippen LogP contribution >= 0.6 is 43.5 Å². The molecule has 0 aliphatic heterocycles. The number of halogens is 3. The van der Waals surface area contributed by atoms with E-state index in [0.717, 1.165) is 34.5 Å². The van der Waals surface area contributed by atoms with Crippen LogP contribution in [-0.4, -0.2) is 23.3 Å². The molecule has 17 heavy (non-hydrogen) atoms. The van der Waals surface area contributed by atoms with Crippen LogP contribution in [0.25, 0.3) is 0 Å². The molecule has 0 aromatic heterocycles. The highest BCUT2D eigenvalue weighted by Gasteiger charge is 2.08. The van der Waals surface area contributed by atoms with Crippen molar-refractivity contribution >= 4 is 43.5 Å². The van der Waals surface area contributed by atoms with Gasteiger partial charge in [-0.25, -0.2) is 0 Å². The van der Waals surface area contributed by atoms with Crippen LogP contribution in [-0.2, 0) is 6.54 Å². The highest BCUT2D eigenvalue weighted by atomic mass is 79.9. The first-order chi connectivity index (χ1) is 8.17. The molecule has 0 saturated carbocycles. The van der Waals surface area contributed by atoms with Crippen LogP contribution in [0.5, 0.6) is 0 Å². The van der Waals surface area contributed by atoms with Crippen LogP contribution in [0.1, 0.15) is 25.3 Å². The van der Waals surface area contributed by atoms with Crippen LogP contribution in [0.3, 0.4) is 0 Å². The Balaban J connectivity index is 2.64. The molecule has 96 valence electrons. The van der Waals surface area contributed by atoms with Crippen LogP contribution < -0.4 is 0 Å². The number of benzene rings is 1. The minimum Gasteiger partial charge on any atom is -0.298 e. The van der Waals surface area contributed by atoms with Gasteiger partial charge in [-0.05, 0) is 30.7 Å². The van der Waals surface area contributed by atoms with Crippen molar-refractivity contribution in [3.63, 3.8) is 0 Å². The van der Waals surface area contributed by atoms with Crippen molar-refractivity contribution < 1.29 is 0 Å². The topological polar surface area (TPSA) is 3.24 Å². The van der Waals surface area contributed by atoms with E-state index in [1.807, 2.05) is 12.1 Å². The maximum Gasteiger partial charge on any atom is 0.0462 e. The number of hydrogen-bond donors (Lipinski definition) is 0. The maximum atomic E-state index is 6.24. The summed E-state index contributed by atoms with van der Waals surface area (Å²) in [7, 11) is 0. The molecule has 1 aromatic rings. The van der Waals surface area contributed by atoms with Gasteiger partial charge >= 0.3 is 0 Å². The summed E-state index contributed by atoms with van der Waals surface area (Å²) in [6, 6.07) is 6.11. The van der Waals surface area contributed by atoms with Crippen LogP contribution in [0, 0.1) is 0 Å². The van der Waals surface area contributed by atoms with E-state index < -0.39 is 0 Å². The summed E-state index contributed by atoms with van der Waals surface area (Å²) in [5.41, 5.74) is 1.20. The van der Waals surface area contributed by atoms with Gasteiger partial charge in [0.2, 0.25) is 0 Å². The molecule has 0 radical (unpaired) electrons. The Morgan fingerprint density at radius 3 is 2.65 bits per heavy atom. The third kappa shape index (κ3) is 5.73. The monoisotopic (exact) mass is 381 g/mol. The van der Waals surface area contributed by atoms with Gasteiger partial charge in [0.15, 0.2) is 0 Å². The Morgan fingerprint density at radius 2 is 2.06 bits per heavy atom. The second-order valence-electron chi connectivity index (χ2n) is 4.05. The van der Waals surface area contributed by atoms with Crippen LogP contribution in [0.4, 0.5) is 0 Å². The fourth-order valence-corrected chi connectivity index (χ4v) is 2.90. The van der Waals surface area contributed by atoms with Gasteiger partial charge in [0, 0.05) is 27.9 Å². The molecule has 0 bridgehead atoms. The summed E-state index contributed by atoms with van der Waals surface area (Å²) in [4.78, 5) is 2.44. The number of rotatable bonds is 7. The molecule has 0 unspecified atom stereocenters. The zero-order valence-electron chi connectivity index (χ0n) is 10.1. The average Bonchev–Trinajstić information content (AvgIpc) is 2.29. The predicted octanol–water partition coefficient (Wildman–Crippen LogP) is 5.10. The van der Waals surface area contributed by atoms with Crippen molar-refractivity contribution in [3.8, 4) is 0 Å². The molecule has 1 nitrogen and oxygen atoms in total. The Bertz CT molecular complexity index is 344. The third-order valence-corrected chi connectivity index (χ3v) is 3.84. The lowest BCUT2D eigenvalue weighted by Crippen LogP contribution is -2.26. The van der Waals surface area contributed by atoms with Crippen molar-refractivity contribution in [3.05, 3.63) is 33.3 Å². The van der Waals surface area contributed by atoms with E-state index in [4.69, 9.17) is 11.6 Å². The summed E-state index contributed by atoms with van der Waals surface area (Å²) in [6.45, 7) is 5.34. The van der Waals surface area contributed by atoms with Crippen molar-refractivity contribution in [2.45, 2.75) is 26.3 Å². The molecule has 0 aliphatic rings. The molecule has 0 atom stereocenters. The highest BCUT2D eigenvalue weighted by Crippen LogP contribution is 2.22. The molecular weight excluding hydrogens is 365 g/mol. The van der Waals surface area contributed by atoms with Gasteiger partial charge in [-0.3, -0.25) is 4.90 Å². The zero-order valence-corrected chi connectivity index (χ0v) is 14.0. The molecule has 0 aliphatic carbocycles. The molecule has 1 aromatic carbocycles. The second kappa shape index (κ2) is 8.52. The lowest BCUT2D eigenvalue weighted by Gasteiger charge is -2.21. The van der Waals surface area contributed by atoms with Gasteiger partial charge < -0.3 is 0 Å². The Morgan fingerprint density at radius 1 is 1.29 bits per heavy atom. The van der Waals surface area contributed by atoms with Crippen molar-refractivity contribution in [1.82, 2.24) is 4.90 Å². The van der Waals surface area contributed by atoms with E-state index in [2.05, 4.69) is 49.7 Å². The van der Waals surface area contributed by atoms with E-state index in [0.29, 0.717) is 0 Å². The highest BCUT2D eigenvalue weighted by molar-refractivity contribution is 9.10. The maximum absolute atomic E-state index is 6.24. The first kappa shape index (κ1) is 15.5. The van der Waals surface area contributed by atoms with Gasteiger partial charge in [-0.15, -0.1) is 0 Å². The zero-order chi connectivity index (χ0) is 12.7. The molecule has 0 N–H and O–H groups in total. The minimum absolute atomic E-state index is 0.843. The van der Waals surface area contributed by atoms with E-state index in [-0.39, 0.29) is 0 Å². The van der Waals surface area contributed by atoms with Crippen molar-refractivity contribution in [2.75, 3.05) is 18.4 Å². The number of alkyl halides is 1. The molecule has 0 spiro atoms. The van der Waals surface area contributed by atoms with E-state index in [1.165, 1.54) is 18.4 Å². The number of hydrogen-bond acceptors (Lipinski definition) is 1. The van der Waals surface area contributed by atoms with Gasteiger partial charge in [0.25, 0.3) is 0 Å². The molecule has 0 amide bonds. The largest absolute Gasteiger partial charge is 0.298 e. The Kier molecular flexibility index (Phi) is 7.76. The first-order valence-electron chi connectivity index (χ1n) is 5.89. The number of unbranched alkanes of at least 4 members (excludes halogenated alkanes) is 1. The fraction of sp³-hybridized carbons (Fsp3) is 0.538. The summed E-state index contributed by atoms with van der Waals surface area (Å²) >= 11 is 13.2. The predicted molar refractivity (Wildman–Crippen MR) is 83.1 cm³/mol. The van der Waals surface area contributed by atoms with Crippen molar-refractivity contribution in [2.24, 2.45) is 0 Å². The fourth-order valence-electron chi connectivity index (χ4n) is 1.66. The third-order valence-electron chi connectivity index (χ3n) is 2.64. The Labute approximate surface area is 126 Å². The quantitative estimate of drug-likeness (QED) is 0.592. The van der Waals surface area contributed by atoms with E-state index >= 15 is 0 Å². The standard InChI is InChI=1S/C13H18Br2ClN/c1-2-3-7-17(8-6-14)10-11-4-5-12(15)9-13(11)16/h4-5,9H,2-3,6-8,10H2,1H3. The van der Waals surface area contributed by atoms with Crippen LogP contribution in [0.15, 0.2) is 22.7 Å². The summed E-state index contributed by atoms with van der Waals surface area (Å²) in [5, 5.41) is 1.85. The van der Waals surface area contributed by atoms with Crippen molar-refractivity contribution in [1.29, 1.82) is 0 Å². The number of nitrogens with zero attached hydrogens (tertiary/aromatic N) is 1. The normalized spacial score (nSPS) is 11.1. The molecule has 0 saturated heterocycles. The molecule has 4 heteroatoms. The van der Waals surface area contributed by atoms with E-state index in [1.54, 1.807) is 0 Å². The molecule has 0 fully saturated rings. The average molecular weight is 384 g/mol. The minimum atomic E-state index is 0.843.